The Labute approximate surface area is 142 Å². The van der Waals surface area contributed by atoms with Crippen LogP contribution < -0.4 is 0 Å². The van der Waals surface area contributed by atoms with Crippen molar-refractivity contribution in [3.63, 3.8) is 0 Å². The van der Waals surface area contributed by atoms with E-state index in [-0.39, 0.29) is 0 Å². The molecule has 0 spiro atoms. The molecule has 126 valence electrons. The number of carbonyl (C=O) groups excluding carboxylic acids is 1. The number of hydrogen-bond acceptors (Lipinski definition) is 6. The Balaban J connectivity index is 1.63. The zero-order valence-electron chi connectivity index (χ0n) is 13.7. The van der Waals surface area contributed by atoms with E-state index in [4.69, 9.17) is 4.74 Å². The number of hydrogen-bond donors (Lipinski definition) is 0. The van der Waals surface area contributed by atoms with Gasteiger partial charge >= 0.3 is 5.97 Å². The summed E-state index contributed by atoms with van der Waals surface area (Å²) in [5.74, 6) is -0.409. The van der Waals surface area contributed by atoms with Crippen molar-refractivity contribution in [1.29, 1.82) is 0 Å². The van der Waals surface area contributed by atoms with Crippen LogP contribution in [0.2, 0.25) is 0 Å². The highest BCUT2D eigenvalue weighted by Gasteiger charge is 2.13. The first-order chi connectivity index (χ1) is 12.1. The monoisotopic (exact) mass is 337 g/mol. The molecule has 4 aromatic heterocycles. The van der Waals surface area contributed by atoms with Crippen LogP contribution in [0.1, 0.15) is 16.2 Å². The number of pyridine rings is 1. The Morgan fingerprint density at radius 2 is 2.08 bits per heavy atom. The van der Waals surface area contributed by atoms with E-state index in [2.05, 4.69) is 20.4 Å². The van der Waals surface area contributed by atoms with Gasteiger partial charge < -0.3 is 4.74 Å². The molecule has 25 heavy (non-hydrogen) atoms. The standard InChI is InChI=1S/C16H15N7O2/c1-21-7-6-12(19-21)13-10-22(20-18-13)8-11-9-23-14(16(24)25-2)4-3-5-15(23)17-11/h3-7,9-10H,8H2,1-2H3. The fraction of sp³-hybridized carbons (Fsp3) is 0.188. The van der Waals surface area contributed by atoms with Crippen molar-refractivity contribution < 1.29 is 9.53 Å². The molecule has 0 bridgehead atoms. The van der Waals surface area contributed by atoms with Crippen LogP contribution in [-0.4, -0.2) is 47.2 Å². The third kappa shape index (κ3) is 2.75. The first kappa shape index (κ1) is 15.1. The van der Waals surface area contributed by atoms with Crippen LogP contribution in [0.4, 0.5) is 0 Å². The minimum Gasteiger partial charge on any atom is -0.464 e. The van der Waals surface area contributed by atoms with E-state index in [9.17, 15) is 4.79 Å². The maximum absolute atomic E-state index is 11.8. The fourth-order valence-corrected chi connectivity index (χ4v) is 2.62. The molecule has 0 atom stereocenters. The van der Waals surface area contributed by atoms with Gasteiger partial charge in [0, 0.05) is 19.4 Å². The van der Waals surface area contributed by atoms with Crippen LogP contribution in [0.5, 0.6) is 0 Å². The van der Waals surface area contributed by atoms with Gasteiger partial charge in [-0.1, -0.05) is 11.3 Å². The fourth-order valence-electron chi connectivity index (χ4n) is 2.62. The van der Waals surface area contributed by atoms with Gasteiger partial charge in [0.1, 0.15) is 22.7 Å². The van der Waals surface area contributed by atoms with Crippen molar-refractivity contribution in [2.45, 2.75) is 6.54 Å². The number of fused-ring (bicyclic) bond motifs is 1. The predicted octanol–water partition coefficient (Wildman–Crippen LogP) is 1.16. The summed E-state index contributed by atoms with van der Waals surface area (Å²) in [6.07, 6.45) is 5.46. The largest absolute Gasteiger partial charge is 0.464 e. The lowest BCUT2D eigenvalue weighted by Crippen LogP contribution is -2.07. The summed E-state index contributed by atoms with van der Waals surface area (Å²) in [5.41, 5.74) is 3.31. The topological polar surface area (TPSA) is 92.1 Å². The molecule has 0 saturated heterocycles. The molecule has 4 rings (SSSR count). The second-order valence-corrected chi connectivity index (χ2v) is 5.54. The third-order valence-electron chi connectivity index (χ3n) is 3.78. The highest BCUT2D eigenvalue weighted by molar-refractivity contribution is 5.88. The van der Waals surface area contributed by atoms with Gasteiger partial charge in [0.2, 0.25) is 0 Å². The second-order valence-electron chi connectivity index (χ2n) is 5.54. The number of imidazole rings is 1. The summed E-state index contributed by atoms with van der Waals surface area (Å²) in [6, 6.07) is 7.17. The minimum absolute atomic E-state index is 0.409. The number of carbonyl (C=O) groups is 1. The number of nitrogens with zero attached hydrogens (tertiary/aromatic N) is 7. The molecule has 0 radical (unpaired) electrons. The Bertz CT molecular complexity index is 1060. The van der Waals surface area contributed by atoms with Crippen LogP contribution in [0.3, 0.4) is 0 Å². The van der Waals surface area contributed by atoms with Crippen LogP contribution in [0.25, 0.3) is 17.0 Å². The third-order valence-corrected chi connectivity index (χ3v) is 3.78. The number of methoxy groups -OCH3 is 1. The van der Waals surface area contributed by atoms with Crippen molar-refractivity contribution >= 4 is 11.6 Å². The summed E-state index contributed by atoms with van der Waals surface area (Å²) in [4.78, 5) is 16.4. The van der Waals surface area contributed by atoms with Crippen molar-refractivity contribution in [2.24, 2.45) is 7.05 Å². The highest BCUT2D eigenvalue weighted by Crippen LogP contribution is 2.14. The van der Waals surface area contributed by atoms with Crippen LogP contribution in [-0.2, 0) is 18.3 Å². The lowest BCUT2D eigenvalue weighted by molar-refractivity contribution is 0.0592. The molecule has 0 aromatic carbocycles. The molecule has 0 saturated carbocycles. The molecule has 0 unspecified atom stereocenters. The van der Waals surface area contributed by atoms with E-state index in [0.717, 1.165) is 11.4 Å². The first-order valence-electron chi connectivity index (χ1n) is 7.59. The number of aromatic nitrogens is 7. The molecule has 4 aromatic rings. The number of rotatable bonds is 4. The van der Waals surface area contributed by atoms with Gasteiger partial charge in [-0.3, -0.25) is 9.08 Å². The maximum Gasteiger partial charge on any atom is 0.355 e. The molecule has 0 N–H and O–H groups in total. The zero-order valence-corrected chi connectivity index (χ0v) is 13.7. The zero-order chi connectivity index (χ0) is 17.4. The van der Waals surface area contributed by atoms with Gasteiger partial charge in [-0.25, -0.2) is 14.5 Å². The molecule has 0 aliphatic carbocycles. The van der Waals surface area contributed by atoms with Crippen LogP contribution in [0, 0.1) is 0 Å². The SMILES string of the molecule is COC(=O)c1cccc2nc(Cn3cc(-c4ccn(C)n4)nn3)cn12. The number of ether oxygens (including phenoxy) is 1. The van der Waals surface area contributed by atoms with Crippen molar-refractivity contribution in [3.8, 4) is 11.4 Å². The van der Waals surface area contributed by atoms with E-state index in [1.807, 2.05) is 31.6 Å². The average molecular weight is 337 g/mol. The molecular formula is C16H15N7O2. The van der Waals surface area contributed by atoms with Gasteiger partial charge in [0.15, 0.2) is 0 Å². The Morgan fingerprint density at radius 1 is 1.20 bits per heavy atom. The summed E-state index contributed by atoms with van der Waals surface area (Å²) in [7, 11) is 3.21. The van der Waals surface area contributed by atoms with E-state index >= 15 is 0 Å². The van der Waals surface area contributed by atoms with Crippen LogP contribution in [0.15, 0.2) is 42.9 Å². The Morgan fingerprint density at radius 3 is 2.84 bits per heavy atom. The molecule has 0 aliphatic heterocycles. The summed E-state index contributed by atoms with van der Waals surface area (Å²) in [5, 5.41) is 12.6. The van der Waals surface area contributed by atoms with Gasteiger partial charge in [-0.15, -0.1) is 5.10 Å². The minimum atomic E-state index is -0.409. The molecule has 0 fully saturated rings. The van der Waals surface area contributed by atoms with Crippen molar-refractivity contribution in [3.05, 3.63) is 54.2 Å². The Hall–Kier alpha value is -3.49. The average Bonchev–Trinajstić information content (AvgIpc) is 3.33. The maximum atomic E-state index is 11.8. The van der Waals surface area contributed by atoms with E-state index < -0.39 is 5.97 Å². The summed E-state index contributed by atoms with van der Waals surface area (Å²) >= 11 is 0. The second kappa shape index (κ2) is 5.86. The Kier molecular flexibility index (Phi) is 3.53. The lowest BCUT2D eigenvalue weighted by Gasteiger charge is -2.01. The molecule has 4 heterocycles. The van der Waals surface area contributed by atoms with Gasteiger partial charge in [0.05, 0.1) is 25.5 Å². The first-order valence-corrected chi connectivity index (χ1v) is 7.59. The van der Waals surface area contributed by atoms with Crippen molar-refractivity contribution in [1.82, 2.24) is 34.2 Å². The van der Waals surface area contributed by atoms with E-state index in [0.29, 0.717) is 23.6 Å². The van der Waals surface area contributed by atoms with Gasteiger partial charge in [0.25, 0.3) is 0 Å². The molecule has 0 amide bonds. The number of esters is 1. The van der Waals surface area contributed by atoms with Gasteiger partial charge in [-0.05, 0) is 18.2 Å². The van der Waals surface area contributed by atoms with Crippen LogP contribution >= 0.6 is 0 Å². The lowest BCUT2D eigenvalue weighted by atomic mass is 10.3. The van der Waals surface area contributed by atoms with E-state index in [1.54, 1.807) is 32.1 Å². The molecule has 9 nitrogen and oxygen atoms in total. The molecule has 9 heteroatoms. The number of aryl methyl sites for hydroxylation is 1. The molecular weight excluding hydrogens is 322 g/mol. The van der Waals surface area contributed by atoms with Crippen molar-refractivity contribution in [2.75, 3.05) is 7.11 Å². The summed E-state index contributed by atoms with van der Waals surface area (Å²) in [6.45, 7) is 0.433. The molecule has 0 aliphatic rings. The highest BCUT2D eigenvalue weighted by atomic mass is 16.5. The predicted molar refractivity (Wildman–Crippen MR) is 87.9 cm³/mol. The normalized spacial score (nSPS) is 11.1. The van der Waals surface area contributed by atoms with E-state index in [1.165, 1.54) is 7.11 Å². The smallest absolute Gasteiger partial charge is 0.355 e. The quantitative estimate of drug-likeness (QED) is 0.519. The van der Waals surface area contributed by atoms with Gasteiger partial charge in [-0.2, -0.15) is 5.10 Å². The summed E-state index contributed by atoms with van der Waals surface area (Å²) < 4.78 is 9.91.